The smallest absolute Gasteiger partial charge is 0.0441 e. The lowest BCUT2D eigenvalue weighted by Gasteiger charge is -2.18. The van der Waals surface area contributed by atoms with Gasteiger partial charge in [-0.1, -0.05) is 20.8 Å². The first-order valence-electron chi connectivity index (χ1n) is 6.29. The van der Waals surface area contributed by atoms with E-state index in [-0.39, 0.29) is 0 Å². The van der Waals surface area contributed by atoms with E-state index >= 15 is 0 Å². The maximum atomic E-state index is 4.62. The summed E-state index contributed by atoms with van der Waals surface area (Å²) in [6.45, 7) is 8.34. The second-order valence-corrected chi connectivity index (χ2v) is 3.91. The van der Waals surface area contributed by atoms with Crippen molar-refractivity contribution in [3.05, 3.63) is 28.6 Å². The summed E-state index contributed by atoms with van der Waals surface area (Å²) in [7, 11) is 0. The zero-order chi connectivity index (χ0) is 11.3. The molecule has 1 nitrogen and oxygen atoms in total. The fourth-order valence-corrected chi connectivity index (χ4v) is 2.26. The predicted octanol–water partition coefficient (Wildman–Crippen LogP) is 3.86. The minimum absolute atomic E-state index is 1.16. The quantitative estimate of drug-likeness (QED) is 0.678. The van der Waals surface area contributed by atoms with E-state index in [1.54, 1.807) is 5.56 Å². The highest BCUT2D eigenvalue weighted by Crippen LogP contribution is 2.23. The summed E-state index contributed by atoms with van der Waals surface area (Å²) in [5.74, 6) is 0. The Morgan fingerprint density at radius 2 is 1.87 bits per heavy atom. The van der Waals surface area contributed by atoms with E-state index in [0.717, 1.165) is 6.42 Å². The number of aromatic nitrogens is 1. The average Bonchev–Trinajstić information content (AvgIpc) is 2.30. The van der Waals surface area contributed by atoms with E-state index in [4.69, 9.17) is 0 Å². The fraction of sp³-hybridized carbons (Fsp3) is 0.643. The molecule has 0 fully saturated rings. The van der Waals surface area contributed by atoms with Crippen LogP contribution in [0.5, 0.6) is 0 Å². The summed E-state index contributed by atoms with van der Waals surface area (Å²) in [6.07, 6.45) is 6.29. The Labute approximate surface area is 93.9 Å². The van der Waals surface area contributed by atoms with Gasteiger partial charge in [-0.15, -0.1) is 0 Å². The molecule has 1 heterocycles. The summed E-state index contributed by atoms with van der Waals surface area (Å²) in [5, 5.41) is 0. The van der Waals surface area contributed by atoms with Crippen molar-refractivity contribution in [3.63, 3.8) is 0 Å². The Kier molecular flexibility index (Phi) is 4.80. The molecule has 1 aliphatic carbocycles. The molecule has 0 spiro atoms. The molecule has 2 rings (SSSR count). The largest absolute Gasteiger partial charge is 0.258 e. The SMILES string of the molecule is CC.CCc1cc(C)nc2c1CCCC2. The molecule has 84 valence electrons. The maximum absolute atomic E-state index is 4.62. The Bertz CT molecular complexity index is 298. The van der Waals surface area contributed by atoms with Crippen LogP contribution in [0.15, 0.2) is 6.07 Å². The molecule has 0 amide bonds. The molecule has 0 saturated carbocycles. The summed E-state index contributed by atoms with van der Waals surface area (Å²) in [6, 6.07) is 2.25. The molecule has 1 aromatic heterocycles. The van der Waals surface area contributed by atoms with Crippen molar-refractivity contribution in [2.75, 3.05) is 0 Å². The van der Waals surface area contributed by atoms with Gasteiger partial charge in [-0.25, -0.2) is 0 Å². The summed E-state index contributed by atoms with van der Waals surface area (Å²) < 4.78 is 0. The molecule has 0 atom stereocenters. The number of rotatable bonds is 1. The number of pyridine rings is 1. The lowest BCUT2D eigenvalue weighted by atomic mass is 9.91. The van der Waals surface area contributed by atoms with E-state index in [1.165, 1.54) is 42.6 Å². The minimum Gasteiger partial charge on any atom is -0.258 e. The second kappa shape index (κ2) is 5.89. The molecule has 1 heteroatoms. The van der Waals surface area contributed by atoms with Crippen molar-refractivity contribution in [2.24, 2.45) is 0 Å². The van der Waals surface area contributed by atoms with Crippen LogP contribution in [0.2, 0.25) is 0 Å². The Morgan fingerprint density at radius 3 is 2.53 bits per heavy atom. The average molecular weight is 205 g/mol. The molecule has 0 saturated heterocycles. The molecule has 0 aromatic carbocycles. The van der Waals surface area contributed by atoms with Gasteiger partial charge in [-0.3, -0.25) is 4.98 Å². The third kappa shape index (κ3) is 2.80. The number of fused-ring (bicyclic) bond motifs is 1. The summed E-state index contributed by atoms with van der Waals surface area (Å²) in [5.41, 5.74) is 5.65. The zero-order valence-corrected chi connectivity index (χ0v) is 10.6. The maximum Gasteiger partial charge on any atom is 0.0441 e. The van der Waals surface area contributed by atoms with Gasteiger partial charge in [-0.05, 0) is 56.2 Å². The Balaban J connectivity index is 0.000000531. The molecule has 15 heavy (non-hydrogen) atoms. The van der Waals surface area contributed by atoms with E-state index in [0.29, 0.717) is 0 Å². The molecular weight excluding hydrogens is 182 g/mol. The standard InChI is InChI=1S/C12H17N.C2H6/c1-3-10-8-9(2)13-12-7-5-4-6-11(10)12;1-2/h8H,3-7H2,1-2H3;1-2H3. The number of nitrogens with zero attached hydrogens (tertiary/aromatic N) is 1. The molecule has 1 aromatic rings. The number of hydrogen-bond acceptors (Lipinski definition) is 1. The molecule has 0 unspecified atom stereocenters. The molecule has 0 N–H and O–H groups in total. The third-order valence-electron chi connectivity index (χ3n) is 2.90. The van der Waals surface area contributed by atoms with Gasteiger partial charge in [0.2, 0.25) is 0 Å². The highest BCUT2D eigenvalue weighted by molar-refractivity contribution is 5.34. The van der Waals surface area contributed by atoms with Gasteiger partial charge in [0.1, 0.15) is 0 Å². The second-order valence-electron chi connectivity index (χ2n) is 3.91. The first kappa shape index (κ1) is 12.2. The van der Waals surface area contributed by atoms with Crippen molar-refractivity contribution in [2.45, 2.75) is 59.8 Å². The fourth-order valence-electron chi connectivity index (χ4n) is 2.26. The Morgan fingerprint density at radius 1 is 1.20 bits per heavy atom. The number of aryl methyl sites for hydroxylation is 3. The van der Waals surface area contributed by atoms with Crippen molar-refractivity contribution < 1.29 is 0 Å². The van der Waals surface area contributed by atoms with Gasteiger partial charge in [0.25, 0.3) is 0 Å². The van der Waals surface area contributed by atoms with Crippen LogP contribution in [0, 0.1) is 6.92 Å². The van der Waals surface area contributed by atoms with Crippen LogP contribution in [0.25, 0.3) is 0 Å². The van der Waals surface area contributed by atoms with Crippen molar-refractivity contribution >= 4 is 0 Å². The zero-order valence-electron chi connectivity index (χ0n) is 10.6. The van der Waals surface area contributed by atoms with Gasteiger partial charge in [-0.2, -0.15) is 0 Å². The van der Waals surface area contributed by atoms with Crippen LogP contribution in [-0.2, 0) is 19.3 Å². The molecule has 0 aliphatic heterocycles. The van der Waals surface area contributed by atoms with Crippen molar-refractivity contribution in [1.82, 2.24) is 4.98 Å². The van der Waals surface area contributed by atoms with E-state index < -0.39 is 0 Å². The van der Waals surface area contributed by atoms with Crippen molar-refractivity contribution in [1.29, 1.82) is 0 Å². The molecule has 0 bridgehead atoms. The predicted molar refractivity (Wildman–Crippen MR) is 66.3 cm³/mol. The highest BCUT2D eigenvalue weighted by atomic mass is 14.7. The van der Waals surface area contributed by atoms with E-state index in [1.807, 2.05) is 13.8 Å². The first-order chi connectivity index (χ1) is 7.31. The van der Waals surface area contributed by atoms with Gasteiger partial charge in [0.15, 0.2) is 0 Å². The van der Waals surface area contributed by atoms with Crippen LogP contribution in [0.4, 0.5) is 0 Å². The monoisotopic (exact) mass is 205 g/mol. The molecule has 1 aliphatic rings. The van der Waals surface area contributed by atoms with Gasteiger partial charge in [0.05, 0.1) is 0 Å². The summed E-state index contributed by atoms with van der Waals surface area (Å²) >= 11 is 0. The summed E-state index contributed by atoms with van der Waals surface area (Å²) in [4.78, 5) is 4.62. The highest BCUT2D eigenvalue weighted by Gasteiger charge is 2.13. The minimum atomic E-state index is 1.16. The van der Waals surface area contributed by atoms with Gasteiger partial charge >= 0.3 is 0 Å². The van der Waals surface area contributed by atoms with E-state index in [9.17, 15) is 0 Å². The Hall–Kier alpha value is -0.850. The van der Waals surface area contributed by atoms with Crippen LogP contribution >= 0.6 is 0 Å². The van der Waals surface area contributed by atoms with Crippen LogP contribution in [0.3, 0.4) is 0 Å². The van der Waals surface area contributed by atoms with Crippen LogP contribution in [-0.4, -0.2) is 4.98 Å². The van der Waals surface area contributed by atoms with E-state index in [2.05, 4.69) is 24.9 Å². The lowest BCUT2D eigenvalue weighted by molar-refractivity contribution is 0.658. The van der Waals surface area contributed by atoms with Crippen LogP contribution < -0.4 is 0 Å². The lowest BCUT2D eigenvalue weighted by Crippen LogP contribution is -2.09. The third-order valence-corrected chi connectivity index (χ3v) is 2.90. The number of hydrogen-bond donors (Lipinski definition) is 0. The van der Waals surface area contributed by atoms with Crippen LogP contribution in [0.1, 0.15) is 56.1 Å². The molecule has 0 radical (unpaired) electrons. The first-order valence-corrected chi connectivity index (χ1v) is 6.29. The van der Waals surface area contributed by atoms with Crippen molar-refractivity contribution in [3.8, 4) is 0 Å². The van der Waals surface area contributed by atoms with Gasteiger partial charge in [0, 0.05) is 11.4 Å². The molecular formula is C14H23N. The van der Waals surface area contributed by atoms with Gasteiger partial charge < -0.3 is 0 Å². The topological polar surface area (TPSA) is 12.9 Å². The normalized spacial score (nSPS) is 13.9.